The number of nitrogens with one attached hydrogen (secondary N) is 1. The van der Waals surface area contributed by atoms with Crippen molar-refractivity contribution in [3.05, 3.63) is 71.1 Å². The maximum Gasteiger partial charge on any atom is 0.248 e. The molecule has 1 aromatic heterocycles. The third-order valence-corrected chi connectivity index (χ3v) is 5.07. The van der Waals surface area contributed by atoms with Gasteiger partial charge in [0, 0.05) is 6.08 Å². The summed E-state index contributed by atoms with van der Waals surface area (Å²) in [5.41, 5.74) is 3.16. The lowest BCUT2D eigenvalue weighted by Crippen LogP contribution is -2.09. The fourth-order valence-electron chi connectivity index (χ4n) is 3.13. The minimum Gasteiger partial charge on any atom is -0.493 e. The molecule has 0 fully saturated rings. The largest absolute Gasteiger partial charge is 0.493 e. The molecule has 1 N–H and O–H groups in total. The highest BCUT2D eigenvalue weighted by atomic mass is 16.5. The van der Waals surface area contributed by atoms with Crippen LogP contribution in [0.15, 0.2) is 53.1 Å². The molecule has 3 aromatic rings. The van der Waals surface area contributed by atoms with Gasteiger partial charge in [-0.2, -0.15) is 0 Å². The van der Waals surface area contributed by atoms with Gasteiger partial charge >= 0.3 is 0 Å². The zero-order valence-electron chi connectivity index (χ0n) is 19.5. The number of para-hydroxylation sites is 2. The average Bonchev–Trinajstić information content (AvgIpc) is 3.14. The molecule has 7 nitrogen and oxygen atoms in total. The summed E-state index contributed by atoms with van der Waals surface area (Å²) in [5.74, 6) is 2.30. The number of ether oxygens (including phenoxy) is 3. The van der Waals surface area contributed by atoms with Crippen molar-refractivity contribution in [2.45, 2.75) is 40.2 Å². The van der Waals surface area contributed by atoms with Gasteiger partial charge in [-0.3, -0.25) is 4.79 Å². The highest BCUT2D eigenvalue weighted by Crippen LogP contribution is 2.30. The third kappa shape index (κ3) is 6.62. The van der Waals surface area contributed by atoms with E-state index in [9.17, 15) is 4.79 Å². The van der Waals surface area contributed by atoms with Crippen LogP contribution < -0.4 is 19.5 Å². The highest BCUT2D eigenvalue weighted by Gasteiger charge is 2.12. The predicted octanol–water partition coefficient (Wildman–Crippen LogP) is 5.71. The van der Waals surface area contributed by atoms with Crippen LogP contribution in [0.5, 0.6) is 17.2 Å². The number of aryl methyl sites for hydroxylation is 2. The fraction of sp³-hybridized carbons (Fsp3) is 0.308. The molecule has 0 atom stereocenters. The van der Waals surface area contributed by atoms with Crippen LogP contribution in [-0.4, -0.2) is 24.8 Å². The Morgan fingerprint density at radius 3 is 2.64 bits per heavy atom. The van der Waals surface area contributed by atoms with Crippen molar-refractivity contribution >= 4 is 17.7 Å². The molecule has 33 heavy (non-hydrogen) atoms. The van der Waals surface area contributed by atoms with Gasteiger partial charge in [0.15, 0.2) is 11.5 Å². The summed E-state index contributed by atoms with van der Waals surface area (Å²) in [4.78, 5) is 12.5. The molecule has 0 saturated carbocycles. The molecule has 0 aliphatic rings. The van der Waals surface area contributed by atoms with Crippen molar-refractivity contribution in [3.63, 3.8) is 0 Å². The molecule has 1 amide bonds. The molecule has 174 valence electrons. The van der Waals surface area contributed by atoms with Crippen molar-refractivity contribution in [1.29, 1.82) is 0 Å². The number of amides is 1. The first-order valence-electron chi connectivity index (χ1n) is 10.9. The van der Waals surface area contributed by atoms with Gasteiger partial charge in [0.1, 0.15) is 18.1 Å². The number of nitrogens with zero attached hydrogens (tertiary/aromatic N) is 1. The van der Waals surface area contributed by atoms with Crippen molar-refractivity contribution in [2.24, 2.45) is 0 Å². The standard InChI is InChI=1S/C26H30N2O5/c1-5-6-15-31-23-10-8-7-9-22(23)27-26(29)14-12-20-11-13-24(25(16-20)30-4)32-17-21-18(2)28-33-19(21)3/h7-14,16H,5-6,15,17H2,1-4H3,(H,27,29)/b14-12+. The second kappa shape index (κ2) is 11.8. The lowest BCUT2D eigenvalue weighted by molar-refractivity contribution is -0.111. The Morgan fingerprint density at radius 2 is 1.91 bits per heavy atom. The molecule has 0 radical (unpaired) electrons. The van der Waals surface area contributed by atoms with Crippen molar-refractivity contribution in [3.8, 4) is 17.2 Å². The Bertz CT molecular complexity index is 1080. The van der Waals surface area contributed by atoms with Gasteiger partial charge in [-0.15, -0.1) is 0 Å². The van der Waals surface area contributed by atoms with Gasteiger partial charge in [-0.25, -0.2) is 0 Å². The van der Waals surface area contributed by atoms with Gasteiger partial charge in [-0.05, 0) is 56.2 Å². The molecule has 7 heteroatoms. The third-order valence-electron chi connectivity index (χ3n) is 5.07. The zero-order chi connectivity index (χ0) is 23.6. The van der Waals surface area contributed by atoms with E-state index in [0.717, 1.165) is 35.4 Å². The molecule has 1 heterocycles. The van der Waals surface area contributed by atoms with Crippen LogP contribution >= 0.6 is 0 Å². The number of carbonyl (C=O) groups is 1. The maximum atomic E-state index is 12.5. The zero-order valence-corrected chi connectivity index (χ0v) is 19.5. The normalized spacial score (nSPS) is 10.9. The van der Waals surface area contributed by atoms with Gasteiger partial charge in [0.05, 0.1) is 30.7 Å². The summed E-state index contributed by atoms with van der Waals surface area (Å²) in [7, 11) is 1.58. The maximum absolute atomic E-state index is 12.5. The van der Waals surface area contributed by atoms with Crippen LogP contribution in [0.2, 0.25) is 0 Å². The van der Waals surface area contributed by atoms with Gasteiger partial charge in [-0.1, -0.05) is 36.7 Å². The van der Waals surface area contributed by atoms with Crippen LogP contribution in [0.4, 0.5) is 5.69 Å². The number of carbonyl (C=O) groups excluding carboxylic acids is 1. The number of hydrogen-bond acceptors (Lipinski definition) is 6. The van der Waals surface area contributed by atoms with Crippen LogP contribution in [0, 0.1) is 13.8 Å². The Morgan fingerprint density at radius 1 is 1.09 bits per heavy atom. The SMILES string of the molecule is CCCCOc1ccccc1NC(=O)/C=C/c1ccc(OCc2c(C)noc2C)c(OC)c1. The summed E-state index contributed by atoms with van der Waals surface area (Å²) in [6.45, 7) is 6.78. The molecular weight excluding hydrogens is 420 g/mol. The Balaban J connectivity index is 1.63. The monoisotopic (exact) mass is 450 g/mol. The lowest BCUT2D eigenvalue weighted by Gasteiger charge is -2.12. The van der Waals surface area contributed by atoms with E-state index in [1.54, 1.807) is 13.2 Å². The minimum atomic E-state index is -0.251. The molecule has 0 bridgehead atoms. The van der Waals surface area contributed by atoms with E-state index in [1.807, 2.05) is 56.3 Å². The number of aromatic nitrogens is 1. The van der Waals surface area contributed by atoms with E-state index in [0.29, 0.717) is 36.1 Å². The summed E-state index contributed by atoms with van der Waals surface area (Å²) >= 11 is 0. The summed E-state index contributed by atoms with van der Waals surface area (Å²) in [5, 5.41) is 6.81. The first-order valence-corrected chi connectivity index (χ1v) is 10.9. The number of unbranched alkanes of at least 4 members (excludes halogenated alkanes) is 1. The van der Waals surface area contributed by atoms with Crippen molar-refractivity contribution in [2.75, 3.05) is 19.0 Å². The van der Waals surface area contributed by atoms with E-state index in [-0.39, 0.29) is 5.91 Å². The molecular formula is C26H30N2O5. The van der Waals surface area contributed by atoms with Crippen molar-refractivity contribution < 1.29 is 23.5 Å². The number of hydrogen-bond donors (Lipinski definition) is 1. The Hall–Kier alpha value is -3.74. The second-order valence-electron chi connectivity index (χ2n) is 7.52. The molecule has 0 aliphatic carbocycles. The average molecular weight is 451 g/mol. The number of rotatable bonds is 11. The highest BCUT2D eigenvalue weighted by molar-refractivity contribution is 6.02. The lowest BCUT2D eigenvalue weighted by atomic mass is 10.1. The van der Waals surface area contributed by atoms with E-state index in [4.69, 9.17) is 18.7 Å². The van der Waals surface area contributed by atoms with Crippen molar-refractivity contribution in [1.82, 2.24) is 5.16 Å². The summed E-state index contributed by atoms with van der Waals surface area (Å²) in [6, 6.07) is 12.9. The van der Waals surface area contributed by atoms with Gasteiger partial charge in [0.2, 0.25) is 5.91 Å². The van der Waals surface area contributed by atoms with Crippen LogP contribution in [0.1, 0.15) is 42.3 Å². The van der Waals surface area contributed by atoms with E-state index < -0.39 is 0 Å². The smallest absolute Gasteiger partial charge is 0.248 e. The van der Waals surface area contributed by atoms with E-state index in [2.05, 4.69) is 17.4 Å². The molecule has 0 aliphatic heterocycles. The summed E-state index contributed by atoms with van der Waals surface area (Å²) < 4.78 is 22.3. The quantitative estimate of drug-likeness (QED) is 0.298. The Kier molecular flexibility index (Phi) is 8.52. The van der Waals surface area contributed by atoms with Crippen LogP contribution in [0.3, 0.4) is 0 Å². The minimum absolute atomic E-state index is 0.251. The Labute approximate surface area is 194 Å². The fourth-order valence-corrected chi connectivity index (χ4v) is 3.13. The number of methoxy groups -OCH3 is 1. The first-order chi connectivity index (χ1) is 16.0. The van der Waals surface area contributed by atoms with E-state index >= 15 is 0 Å². The molecule has 3 rings (SSSR count). The number of anilines is 1. The molecule has 0 unspecified atom stereocenters. The van der Waals surface area contributed by atoms with Gasteiger partial charge < -0.3 is 24.1 Å². The van der Waals surface area contributed by atoms with Gasteiger partial charge in [0.25, 0.3) is 0 Å². The van der Waals surface area contributed by atoms with Crippen LogP contribution in [-0.2, 0) is 11.4 Å². The molecule has 0 spiro atoms. The summed E-state index contributed by atoms with van der Waals surface area (Å²) in [6.07, 6.45) is 5.20. The predicted molar refractivity (Wildman–Crippen MR) is 128 cm³/mol. The van der Waals surface area contributed by atoms with E-state index in [1.165, 1.54) is 6.08 Å². The number of benzene rings is 2. The van der Waals surface area contributed by atoms with Crippen LogP contribution in [0.25, 0.3) is 6.08 Å². The molecule has 2 aromatic carbocycles. The molecule has 0 saturated heterocycles. The topological polar surface area (TPSA) is 82.8 Å². The second-order valence-corrected chi connectivity index (χ2v) is 7.52. The first kappa shape index (κ1) is 23.9.